The molecule has 0 aliphatic rings. The molecule has 0 aliphatic heterocycles. The number of carbonyl (C=O) groups is 2. The minimum Gasteiger partial charge on any atom is -0.463 e. The van der Waals surface area contributed by atoms with Gasteiger partial charge in [0.05, 0.1) is 38.6 Å². The van der Waals surface area contributed by atoms with Crippen molar-refractivity contribution in [2.75, 3.05) is 39.6 Å². The van der Waals surface area contributed by atoms with Crippen molar-refractivity contribution in [3.05, 3.63) is 0 Å². The average Bonchev–Trinajstić information content (AvgIpc) is 2.87. The second-order valence-electron chi connectivity index (χ2n) is 13.1. The molecule has 40 heavy (non-hydrogen) atoms. The first-order valence-corrected chi connectivity index (χ1v) is 15.6. The van der Waals surface area contributed by atoms with Gasteiger partial charge in [-0.05, 0) is 61.2 Å². The van der Waals surface area contributed by atoms with Crippen LogP contribution in [0.1, 0.15) is 120 Å². The van der Waals surface area contributed by atoms with Crippen molar-refractivity contribution in [2.24, 2.45) is 22.7 Å². The molecule has 0 aliphatic carbocycles. The molecule has 0 rings (SSSR count). The monoisotopic (exact) mass is 574 g/mol. The normalized spacial score (nSPS) is 15.3. The van der Waals surface area contributed by atoms with E-state index in [2.05, 4.69) is 41.5 Å². The van der Waals surface area contributed by atoms with E-state index in [0.717, 1.165) is 51.4 Å². The van der Waals surface area contributed by atoms with Gasteiger partial charge in [0.2, 0.25) is 0 Å². The maximum Gasteiger partial charge on any atom is 0.305 e. The van der Waals surface area contributed by atoms with Crippen molar-refractivity contribution < 1.29 is 38.7 Å². The van der Waals surface area contributed by atoms with Crippen LogP contribution in [-0.4, -0.2) is 74.0 Å². The summed E-state index contributed by atoms with van der Waals surface area (Å²) in [6, 6.07) is 0. The Bertz CT molecular complexity index is 596. The smallest absolute Gasteiger partial charge is 0.305 e. The average molecular weight is 575 g/mol. The van der Waals surface area contributed by atoms with E-state index >= 15 is 0 Å². The molecule has 4 unspecified atom stereocenters. The maximum atomic E-state index is 11.9. The molecule has 0 aromatic heterocycles. The van der Waals surface area contributed by atoms with Gasteiger partial charge in [0.1, 0.15) is 13.2 Å². The fraction of sp³-hybridized carbons (Fsp3) is 0.938. The number of rotatable bonds is 23. The topological polar surface area (TPSA) is 112 Å². The summed E-state index contributed by atoms with van der Waals surface area (Å²) in [5.74, 6) is -0.00507. The lowest BCUT2D eigenvalue weighted by molar-refractivity contribution is -0.147. The van der Waals surface area contributed by atoms with Crippen LogP contribution < -0.4 is 0 Å². The fourth-order valence-electron chi connectivity index (χ4n) is 5.14. The molecule has 0 bridgehead atoms. The van der Waals surface area contributed by atoms with Crippen molar-refractivity contribution in [1.82, 2.24) is 0 Å². The zero-order chi connectivity index (χ0) is 30.6. The summed E-state index contributed by atoms with van der Waals surface area (Å²) < 4.78 is 21.3. The summed E-state index contributed by atoms with van der Waals surface area (Å²) in [4.78, 5) is 23.9. The Kier molecular flexibility index (Phi) is 20.8. The third-order valence-electron chi connectivity index (χ3n) is 7.64. The van der Waals surface area contributed by atoms with Crippen LogP contribution in [0.25, 0.3) is 0 Å². The van der Waals surface area contributed by atoms with Gasteiger partial charge in [0.25, 0.3) is 0 Å². The number of ether oxygens (including phenoxy) is 4. The molecule has 8 nitrogen and oxygen atoms in total. The lowest BCUT2D eigenvalue weighted by atomic mass is 9.74. The molecule has 0 fully saturated rings. The maximum absolute atomic E-state index is 11.9. The van der Waals surface area contributed by atoms with Gasteiger partial charge in [0.15, 0.2) is 0 Å². The molecule has 0 heterocycles. The van der Waals surface area contributed by atoms with Crippen LogP contribution >= 0.6 is 0 Å². The van der Waals surface area contributed by atoms with E-state index in [-0.39, 0.29) is 60.0 Å². The molecule has 0 saturated carbocycles. The van der Waals surface area contributed by atoms with Crippen LogP contribution in [0.3, 0.4) is 0 Å². The molecule has 4 atom stereocenters. The third kappa shape index (κ3) is 19.0. The van der Waals surface area contributed by atoms with E-state index in [9.17, 15) is 19.8 Å². The summed E-state index contributed by atoms with van der Waals surface area (Å²) in [6.45, 7) is 18.7. The highest BCUT2D eigenvalue weighted by atomic mass is 16.6. The summed E-state index contributed by atoms with van der Waals surface area (Å²) in [7, 11) is 0. The Morgan fingerprint density at radius 1 is 0.575 bits per heavy atom. The van der Waals surface area contributed by atoms with Gasteiger partial charge in [-0.3, -0.25) is 9.59 Å². The molecular formula is C32H62O8. The van der Waals surface area contributed by atoms with Crippen LogP contribution in [0.15, 0.2) is 0 Å². The highest BCUT2D eigenvalue weighted by Gasteiger charge is 2.30. The van der Waals surface area contributed by atoms with Crippen molar-refractivity contribution in [1.29, 1.82) is 0 Å². The van der Waals surface area contributed by atoms with Gasteiger partial charge in [-0.15, -0.1) is 0 Å². The second kappa shape index (κ2) is 21.5. The van der Waals surface area contributed by atoms with Crippen LogP contribution in [-0.2, 0) is 28.5 Å². The molecule has 0 spiro atoms. The molecule has 238 valence electrons. The van der Waals surface area contributed by atoms with E-state index in [1.807, 2.05) is 13.8 Å². The highest BCUT2D eigenvalue weighted by Crippen LogP contribution is 2.35. The van der Waals surface area contributed by atoms with E-state index in [1.165, 1.54) is 0 Å². The van der Waals surface area contributed by atoms with Gasteiger partial charge in [-0.25, -0.2) is 0 Å². The van der Waals surface area contributed by atoms with Gasteiger partial charge < -0.3 is 29.2 Å². The second-order valence-corrected chi connectivity index (χ2v) is 13.1. The molecule has 2 N–H and O–H groups in total. The van der Waals surface area contributed by atoms with Crippen LogP contribution in [0.4, 0.5) is 0 Å². The first-order chi connectivity index (χ1) is 18.7. The van der Waals surface area contributed by atoms with Gasteiger partial charge in [0, 0.05) is 12.8 Å². The van der Waals surface area contributed by atoms with Gasteiger partial charge in [-0.2, -0.15) is 0 Å². The lowest BCUT2D eigenvalue weighted by Gasteiger charge is -2.34. The highest BCUT2D eigenvalue weighted by molar-refractivity contribution is 5.69. The van der Waals surface area contributed by atoms with Crippen molar-refractivity contribution in [2.45, 2.75) is 132 Å². The van der Waals surface area contributed by atoms with E-state index in [1.54, 1.807) is 0 Å². The van der Waals surface area contributed by atoms with Gasteiger partial charge >= 0.3 is 11.9 Å². The SMILES string of the molecule is CCC(O)C(CCCCC(=O)OCCOCCOCCOC(=O)CCCCC(C(O)CC)C(C)(C)C)C(C)(C)C. The first-order valence-electron chi connectivity index (χ1n) is 15.6. The molecule has 0 radical (unpaired) electrons. The number of hydrogen-bond donors (Lipinski definition) is 2. The molecule has 0 amide bonds. The van der Waals surface area contributed by atoms with E-state index < -0.39 is 0 Å². The predicted molar refractivity (Wildman–Crippen MR) is 159 cm³/mol. The number of aliphatic hydroxyl groups excluding tert-OH is 2. The van der Waals surface area contributed by atoms with Gasteiger partial charge in [-0.1, -0.05) is 68.2 Å². The Hall–Kier alpha value is -1.22. The number of esters is 2. The minimum absolute atomic E-state index is 0.0397. The van der Waals surface area contributed by atoms with Crippen LogP contribution in [0.5, 0.6) is 0 Å². The minimum atomic E-state index is -0.308. The number of hydrogen-bond acceptors (Lipinski definition) is 8. The first kappa shape index (κ1) is 38.8. The zero-order valence-corrected chi connectivity index (χ0v) is 27.0. The summed E-state index contributed by atoms with van der Waals surface area (Å²) in [6.07, 6.45) is 6.70. The molecule has 0 aromatic carbocycles. The number of unbranched alkanes of at least 4 members (excludes halogenated alkanes) is 2. The van der Waals surface area contributed by atoms with Crippen molar-refractivity contribution in [3.8, 4) is 0 Å². The van der Waals surface area contributed by atoms with Crippen LogP contribution in [0, 0.1) is 22.7 Å². The molecule has 8 heteroatoms. The lowest BCUT2D eigenvalue weighted by Crippen LogP contribution is -2.31. The Morgan fingerprint density at radius 3 is 1.20 bits per heavy atom. The van der Waals surface area contributed by atoms with E-state index in [0.29, 0.717) is 39.3 Å². The number of aliphatic hydroxyl groups is 2. The fourth-order valence-corrected chi connectivity index (χ4v) is 5.14. The quantitative estimate of drug-likeness (QED) is 0.111. The predicted octanol–water partition coefficient (Wildman–Crippen LogP) is 6.09. The third-order valence-corrected chi connectivity index (χ3v) is 7.64. The molecular weight excluding hydrogens is 512 g/mol. The Labute approximate surface area is 244 Å². The molecule has 0 aromatic rings. The Morgan fingerprint density at radius 2 is 0.900 bits per heavy atom. The Balaban J connectivity index is 3.70. The zero-order valence-electron chi connectivity index (χ0n) is 27.0. The number of carbonyl (C=O) groups excluding carboxylic acids is 2. The van der Waals surface area contributed by atoms with E-state index in [4.69, 9.17) is 18.9 Å². The summed E-state index contributed by atoms with van der Waals surface area (Å²) in [5, 5.41) is 20.6. The van der Waals surface area contributed by atoms with Crippen molar-refractivity contribution in [3.63, 3.8) is 0 Å². The largest absolute Gasteiger partial charge is 0.463 e. The van der Waals surface area contributed by atoms with Crippen LogP contribution in [0.2, 0.25) is 0 Å². The van der Waals surface area contributed by atoms with Crippen molar-refractivity contribution >= 4 is 11.9 Å². The summed E-state index contributed by atoms with van der Waals surface area (Å²) >= 11 is 0. The molecule has 0 saturated heterocycles. The summed E-state index contributed by atoms with van der Waals surface area (Å²) in [5.41, 5.74) is 0.0794. The standard InChI is InChI=1S/C32H62O8/c1-9-27(33)25(31(3,4)5)15-11-13-17-29(35)39-23-21-37-19-20-38-22-24-40-30(36)18-14-12-16-26(28(34)10-2)32(6,7)8/h25-28,33-34H,9-24H2,1-8H3.